The van der Waals surface area contributed by atoms with Crippen LogP contribution in [0.4, 0.5) is 74.6 Å². The molecule has 3 aromatic rings. The molecule has 1 aromatic heterocycles. The largest absolute Gasteiger partial charge is 0.460 e. The van der Waals surface area contributed by atoms with Crippen LogP contribution in [-0.4, -0.2) is 59.2 Å². The Labute approximate surface area is 264 Å². The predicted octanol–water partition coefficient (Wildman–Crippen LogP) is 9.42. The third kappa shape index (κ3) is 5.59. The summed E-state index contributed by atoms with van der Waals surface area (Å²) in [5, 5.41) is 10.9. The molecule has 2 aromatic carbocycles. The van der Waals surface area contributed by atoms with Crippen molar-refractivity contribution in [2.45, 2.75) is 79.4 Å². The molecule has 22 heteroatoms. The molecule has 1 heterocycles. The molecule has 1 N–H and O–H groups in total. The van der Waals surface area contributed by atoms with E-state index in [9.17, 15) is 79.4 Å². The van der Waals surface area contributed by atoms with Gasteiger partial charge in [-0.25, -0.2) is 12.4 Å². The molecule has 0 aliphatic heterocycles. The lowest BCUT2D eigenvalue weighted by molar-refractivity contribution is -0.462. The number of rotatable bonds is 10. The third-order valence-corrected chi connectivity index (χ3v) is 8.99. The molecule has 0 radical (unpaired) electrons. The minimum Gasteiger partial charge on any atom is -0.386 e. The molecular formula is C27H20F17NO3S. The van der Waals surface area contributed by atoms with E-state index in [4.69, 9.17) is 0 Å². The van der Waals surface area contributed by atoms with Gasteiger partial charge in [0.25, 0.3) is 10.0 Å². The van der Waals surface area contributed by atoms with Crippen LogP contribution in [0.1, 0.15) is 38.1 Å². The number of hydrogen-bond acceptors (Lipinski definition) is 3. The van der Waals surface area contributed by atoms with Gasteiger partial charge in [0, 0.05) is 10.9 Å². The molecule has 49 heavy (non-hydrogen) atoms. The zero-order valence-corrected chi connectivity index (χ0v) is 25.1. The van der Waals surface area contributed by atoms with Gasteiger partial charge in [0.1, 0.15) is 0 Å². The van der Waals surface area contributed by atoms with Crippen LogP contribution < -0.4 is 0 Å². The minimum absolute atomic E-state index is 0.0769. The number of alkyl halides is 17. The first kappa shape index (κ1) is 40.1. The van der Waals surface area contributed by atoms with E-state index < -0.39 is 91.4 Å². The van der Waals surface area contributed by atoms with Crippen LogP contribution in [0.3, 0.4) is 0 Å². The van der Waals surface area contributed by atoms with E-state index in [1.165, 1.54) is 39.0 Å². The van der Waals surface area contributed by atoms with Crippen molar-refractivity contribution in [1.29, 1.82) is 0 Å². The molecule has 0 aliphatic rings. The number of para-hydroxylation sites is 1. The molecule has 4 nitrogen and oxygen atoms in total. The van der Waals surface area contributed by atoms with Gasteiger partial charge < -0.3 is 5.11 Å². The van der Waals surface area contributed by atoms with E-state index in [0.29, 0.717) is 10.0 Å². The van der Waals surface area contributed by atoms with Gasteiger partial charge >= 0.3 is 47.6 Å². The highest BCUT2D eigenvalue weighted by atomic mass is 32.2. The maximum absolute atomic E-state index is 15.0. The highest BCUT2D eigenvalue weighted by Gasteiger charge is 2.95. The first-order valence-corrected chi connectivity index (χ1v) is 14.4. The second kappa shape index (κ2) is 11.4. The zero-order chi connectivity index (χ0) is 38.4. The highest BCUT2D eigenvalue weighted by molar-refractivity contribution is 7.90. The Hall–Kier alpha value is -3.30. The summed E-state index contributed by atoms with van der Waals surface area (Å²) in [4.78, 5) is -1.51. The average molecular weight is 761 g/mol. The van der Waals surface area contributed by atoms with E-state index in [0.717, 1.165) is 12.1 Å². The van der Waals surface area contributed by atoms with Crippen molar-refractivity contribution in [3.05, 3.63) is 65.9 Å². The van der Waals surface area contributed by atoms with Crippen LogP contribution in [0.5, 0.6) is 0 Å². The number of halogens is 17. The van der Waals surface area contributed by atoms with Crippen LogP contribution in [0.2, 0.25) is 0 Å². The maximum atomic E-state index is 15.0. The first-order chi connectivity index (χ1) is 21.6. The molecule has 1 unspecified atom stereocenters. The fourth-order valence-electron chi connectivity index (χ4n) is 4.36. The summed E-state index contributed by atoms with van der Waals surface area (Å²) in [7, 11) is -5.39. The van der Waals surface area contributed by atoms with Crippen LogP contribution >= 0.6 is 0 Å². The van der Waals surface area contributed by atoms with Gasteiger partial charge in [-0.05, 0) is 29.7 Å². The van der Waals surface area contributed by atoms with Crippen LogP contribution in [0.15, 0.2) is 59.5 Å². The standard InChI is InChI=1S/C27H20F17NO3S/c1-19(2,3)18(46)17-11-13-7-4-5-10-16(13)45(17)49(47,48)15-9-6-8-14(12-15)20(28,29)21(30,31)22(32,33)23(34,35)24(36,37)25(38,39)26(40,41)27(42,43)44/h4-12,18,46H,1-3H3. The Balaban J connectivity index is 2.22. The summed E-state index contributed by atoms with van der Waals surface area (Å²) in [5.74, 6) is -58.1. The van der Waals surface area contributed by atoms with Crippen LogP contribution in [-0.2, 0) is 15.9 Å². The maximum Gasteiger partial charge on any atom is 0.460 e. The second-order valence-corrected chi connectivity index (χ2v) is 13.5. The van der Waals surface area contributed by atoms with Gasteiger partial charge in [0.2, 0.25) is 0 Å². The SMILES string of the molecule is CC(C)(C)C(O)c1cc2ccccc2n1S(=O)(=O)c1cccc(C(F)(F)C(F)(F)C(F)(F)C(F)(F)C(F)(F)C(F)(F)C(F)(F)C(F)(F)F)c1. The Morgan fingerprint density at radius 1 is 0.592 bits per heavy atom. The number of nitrogens with zero attached hydrogens (tertiary/aromatic N) is 1. The van der Waals surface area contributed by atoms with Crippen molar-refractivity contribution in [3.63, 3.8) is 0 Å². The average Bonchev–Trinajstić information content (AvgIpc) is 3.35. The number of aliphatic hydroxyl groups excluding tert-OH is 1. The molecule has 0 amide bonds. The molecule has 0 fully saturated rings. The van der Waals surface area contributed by atoms with Crippen LogP contribution in [0, 0.1) is 5.41 Å². The zero-order valence-electron chi connectivity index (χ0n) is 24.3. The molecule has 0 spiro atoms. The summed E-state index contributed by atoms with van der Waals surface area (Å²) in [6.45, 7) is 4.24. The Kier molecular flexibility index (Phi) is 9.30. The highest BCUT2D eigenvalue weighted by Crippen LogP contribution is 2.65. The normalized spacial score (nSPS) is 15.9. The summed E-state index contributed by atoms with van der Waals surface area (Å²) < 4.78 is 262. The van der Waals surface area contributed by atoms with Gasteiger partial charge in [-0.15, -0.1) is 0 Å². The lowest BCUT2D eigenvalue weighted by Crippen LogP contribution is -2.74. The fraction of sp³-hybridized carbons (Fsp3) is 0.481. The summed E-state index contributed by atoms with van der Waals surface area (Å²) in [6.07, 6.45) is -9.56. The van der Waals surface area contributed by atoms with E-state index in [1.807, 2.05) is 0 Å². The second-order valence-electron chi connectivity index (χ2n) is 11.7. The number of benzene rings is 2. The quantitative estimate of drug-likeness (QED) is 0.210. The van der Waals surface area contributed by atoms with Gasteiger partial charge in [0.15, 0.2) is 0 Å². The van der Waals surface area contributed by atoms with Gasteiger partial charge in [-0.1, -0.05) is 51.1 Å². The Morgan fingerprint density at radius 3 is 1.51 bits per heavy atom. The van der Waals surface area contributed by atoms with E-state index >= 15 is 8.78 Å². The van der Waals surface area contributed by atoms with Crippen molar-refractivity contribution in [1.82, 2.24) is 3.97 Å². The molecule has 0 saturated carbocycles. The van der Waals surface area contributed by atoms with Crippen molar-refractivity contribution in [3.8, 4) is 0 Å². The van der Waals surface area contributed by atoms with E-state index in [2.05, 4.69) is 0 Å². The van der Waals surface area contributed by atoms with Gasteiger partial charge in [-0.3, -0.25) is 0 Å². The topological polar surface area (TPSA) is 59.3 Å². The molecule has 0 aliphatic carbocycles. The Bertz CT molecular complexity index is 1820. The number of aliphatic hydroxyl groups is 1. The van der Waals surface area contributed by atoms with Gasteiger partial charge in [-0.2, -0.15) is 74.6 Å². The monoisotopic (exact) mass is 761 g/mol. The number of aromatic nitrogens is 1. The molecular weight excluding hydrogens is 741 g/mol. The third-order valence-electron chi connectivity index (χ3n) is 7.25. The minimum atomic E-state index is -8.80. The summed E-state index contributed by atoms with van der Waals surface area (Å²) in [5.41, 5.74) is -4.59. The van der Waals surface area contributed by atoms with E-state index in [-0.39, 0.29) is 23.0 Å². The number of hydrogen-bond donors (Lipinski definition) is 1. The van der Waals surface area contributed by atoms with Crippen molar-refractivity contribution >= 4 is 20.9 Å². The fourth-order valence-corrected chi connectivity index (χ4v) is 5.95. The lowest BCUT2D eigenvalue weighted by atomic mass is 9.87. The predicted molar refractivity (Wildman–Crippen MR) is 135 cm³/mol. The number of fused-ring (bicyclic) bond motifs is 1. The first-order valence-electron chi connectivity index (χ1n) is 12.9. The summed E-state index contributed by atoms with van der Waals surface area (Å²) in [6, 6.07) is 5.80. The van der Waals surface area contributed by atoms with Crippen molar-refractivity contribution in [2.75, 3.05) is 0 Å². The molecule has 0 saturated heterocycles. The van der Waals surface area contributed by atoms with Crippen molar-refractivity contribution < 1.29 is 88.2 Å². The molecule has 3 rings (SSSR count). The lowest BCUT2D eigenvalue weighted by Gasteiger charge is -2.42. The van der Waals surface area contributed by atoms with Crippen LogP contribution in [0.25, 0.3) is 10.9 Å². The van der Waals surface area contributed by atoms with E-state index in [1.54, 1.807) is 0 Å². The van der Waals surface area contributed by atoms with Gasteiger partial charge in [0.05, 0.1) is 22.2 Å². The van der Waals surface area contributed by atoms with Crippen molar-refractivity contribution in [2.24, 2.45) is 5.41 Å². The molecule has 276 valence electrons. The summed E-state index contributed by atoms with van der Waals surface area (Å²) >= 11 is 0. The Morgan fingerprint density at radius 2 is 1.04 bits per heavy atom. The smallest absolute Gasteiger partial charge is 0.386 e. The molecule has 0 bridgehead atoms. The molecule has 1 atom stereocenters.